The molecular formula is C10H24O2Si. The molecule has 0 amide bonds. The monoisotopic (exact) mass is 204 g/mol. The summed E-state index contributed by atoms with van der Waals surface area (Å²) in [6.07, 6.45) is 2.42. The van der Waals surface area contributed by atoms with Crippen LogP contribution in [-0.4, -0.2) is 29.0 Å². The average Bonchev–Trinajstić information content (AvgIpc) is 2.13. The standard InChI is InChI=1S/C10H24O2Si/c1-4-11-10(12-5-2)8-7-9-13-6-3/h10H,4-9,13H2,1-3H3. The van der Waals surface area contributed by atoms with Gasteiger partial charge in [-0.25, -0.2) is 0 Å². The SMILES string of the molecule is CCOC(CCC[SiH2]CC)OCC. The van der Waals surface area contributed by atoms with Gasteiger partial charge in [0.1, 0.15) is 0 Å². The van der Waals surface area contributed by atoms with E-state index in [-0.39, 0.29) is 15.8 Å². The van der Waals surface area contributed by atoms with Gasteiger partial charge in [0.05, 0.1) is 0 Å². The Bertz CT molecular complexity index is 92.9. The Hall–Kier alpha value is 0.137. The Morgan fingerprint density at radius 3 is 2.15 bits per heavy atom. The second kappa shape index (κ2) is 10.2. The Labute approximate surface area is 84.8 Å². The van der Waals surface area contributed by atoms with Gasteiger partial charge in [-0.15, -0.1) is 0 Å². The lowest BCUT2D eigenvalue weighted by molar-refractivity contribution is -0.139. The van der Waals surface area contributed by atoms with Crippen molar-refractivity contribution in [2.24, 2.45) is 0 Å². The molecule has 0 radical (unpaired) electrons. The Balaban J connectivity index is 3.33. The van der Waals surface area contributed by atoms with E-state index in [1.54, 1.807) is 0 Å². The molecule has 2 nitrogen and oxygen atoms in total. The first-order valence-corrected chi connectivity index (χ1v) is 7.58. The highest BCUT2D eigenvalue weighted by Gasteiger charge is 2.06. The maximum atomic E-state index is 5.46. The van der Waals surface area contributed by atoms with Gasteiger partial charge < -0.3 is 9.47 Å². The molecule has 0 aromatic carbocycles. The third kappa shape index (κ3) is 8.47. The maximum Gasteiger partial charge on any atom is 0.157 e. The van der Waals surface area contributed by atoms with Crippen LogP contribution in [0.2, 0.25) is 12.1 Å². The van der Waals surface area contributed by atoms with Gasteiger partial charge in [0.2, 0.25) is 0 Å². The molecule has 0 aromatic rings. The van der Waals surface area contributed by atoms with Crippen molar-refractivity contribution in [3.63, 3.8) is 0 Å². The van der Waals surface area contributed by atoms with Crippen LogP contribution in [0.1, 0.15) is 33.6 Å². The molecule has 80 valence electrons. The van der Waals surface area contributed by atoms with Crippen LogP contribution < -0.4 is 0 Å². The van der Waals surface area contributed by atoms with E-state index in [0.717, 1.165) is 19.6 Å². The van der Waals surface area contributed by atoms with Crippen molar-refractivity contribution < 1.29 is 9.47 Å². The lowest BCUT2D eigenvalue weighted by Gasteiger charge is -2.16. The highest BCUT2D eigenvalue weighted by molar-refractivity contribution is 6.35. The van der Waals surface area contributed by atoms with Crippen LogP contribution in [0.25, 0.3) is 0 Å². The van der Waals surface area contributed by atoms with Gasteiger partial charge in [-0.05, 0) is 20.3 Å². The zero-order valence-electron chi connectivity index (χ0n) is 9.34. The summed E-state index contributed by atoms with van der Waals surface area (Å²) in [5, 5.41) is 0. The summed E-state index contributed by atoms with van der Waals surface area (Å²) < 4.78 is 10.9. The van der Waals surface area contributed by atoms with E-state index in [0.29, 0.717) is 0 Å². The molecule has 0 aromatic heterocycles. The molecule has 0 saturated heterocycles. The van der Waals surface area contributed by atoms with Crippen molar-refractivity contribution in [1.82, 2.24) is 0 Å². The molecule has 0 N–H and O–H groups in total. The highest BCUT2D eigenvalue weighted by Crippen LogP contribution is 2.07. The topological polar surface area (TPSA) is 18.5 Å². The molecule has 3 heteroatoms. The molecule has 0 spiro atoms. The fourth-order valence-corrected chi connectivity index (χ4v) is 2.47. The minimum atomic E-state index is 0.0563. The zero-order valence-corrected chi connectivity index (χ0v) is 10.8. The van der Waals surface area contributed by atoms with Crippen LogP contribution in [0.3, 0.4) is 0 Å². The zero-order chi connectivity index (χ0) is 9.94. The maximum absolute atomic E-state index is 5.46. The van der Waals surface area contributed by atoms with Gasteiger partial charge in [-0.1, -0.05) is 25.4 Å². The second-order valence-electron chi connectivity index (χ2n) is 3.19. The molecule has 13 heavy (non-hydrogen) atoms. The molecule has 0 aliphatic carbocycles. The van der Waals surface area contributed by atoms with E-state index in [1.807, 2.05) is 13.8 Å². The first kappa shape index (κ1) is 13.1. The van der Waals surface area contributed by atoms with Crippen LogP contribution >= 0.6 is 0 Å². The Kier molecular flexibility index (Phi) is 10.3. The van der Waals surface area contributed by atoms with Crippen molar-refractivity contribution >= 4 is 9.52 Å². The molecule has 0 aliphatic heterocycles. The molecule has 0 unspecified atom stereocenters. The molecule has 0 aliphatic rings. The largest absolute Gasteiger partial charge is 0.353 e. The van der Waals surface area contributed by atoms with Crippen LogP contribution in [0.15, 0.2) is 0 Å². The van der Waals surface area contributed by atoms with Crippen LogP contribution in [0.4, 0.5) is 0 Å². The fraction of sp³-hybridized carbons (Fsp3) is 1.00. The smallest absolute Gasteiger partial charge is 0.157 e. The number of rotatable bonds is 9. The first-order chi connectivity index (χ1) is 6.35. The summed E-state index contributed by atoms with van der Waals surface area (Å²) in [6.45, 7) is 7.85. The van der Waals surface area contributed by atoms with Gasteiger partial charge in [-0.2, -0.15) is 0 Å². The summed E-state index contributed by atoms with van der Waals surface area (Å²) in [5.74, 6) is 0. The van der Waals surface area contributed by atoms with Gasteiger partial charge >= 0.3 is 0 Å². The third-order valence-electron chi connectivity index (χ3n) is 2.00. The first-order valence-electron chi connectivity index (χ1n) is 5.58. The van der Waals surface area contributed by atoms with E-state index in [1.165, 1.54) is 18.5 Å². The molecule has 0 rings (SSSR count). The lowest BCUT2D eigenvalue weighted by atomic mass is 10.3. The van der Waals surface area contributed by atoms with Crippen molar-refractivity contribution in [3.8, 4) is 0 Å². The summed E-state index contributed by atoms with van der Waals surface area (Å²) >= 11 is 0. The van der Waals surface area contributed by atoms with E-state index < -0.39 is 0 Å². The van der Waals surface area contributed by atoms with E-state index in [4.69, 9.17) is 9.47 Å². The van der Waals surface area contributed by atoms with E-state index >= 15 is 0 Å². The van der Waals surface area contributed by atoms with Crippen molar-refractivity contribution in [1.29, 1.82) is 0 Å². The van der Waals surface area contributed by atoms with Crippen LogP contribution in [-0.2, 0) is 9.47 Å². The van der Waals surface area contributed by atoms with Gasteiger partial charge in [-0.3, -0.25) is 0 Å². The highest BCUT2D eigenvalue weighted by atomic mass is 28.2. The van der Waals surface area contributed by atoms with E-state index in [9.17, 15) is 0 Å². The fourth-order valence-electron chi connectivity index (χ4n) is 1.32. The summed E-state index contributed by atoms with van der Waals surface area (Å²) in [4.78, 5) is 0. The number of hydrogen-bond donors (Lipinski definition) is 0. The molecule has 0 heterocycles. The van der Waals surface area contributed by atoms with Crippen molar-refractivity contribution in [2.75, 3.05) is 13.2 Å². The summed E-state index contributed by atoms with van der Waals surface area (Å²) in [6, 6.07) is 2.86. The lowest BCUT2D eigenvalue weighted by Crippen LogP contribution is -2.17. The normalized spacial score (nSPS) is 12.0. The predicted molar refractivity (Wildman–Crippen MR) is 60.1 cm³/mol. The van der Waals surface area contributed by atoms with E-state index in [2.05, 4.69) is 6.92 Å². The molecule has 0 fully saturated rings. The number of hydrogen-bond acceptors (Lipinski definition) is 2. The molecule has 0 bridgehead atoms. The third-order valence-corrected chi connectivity index (χ3v) is 3.71. The second-order valence-corrected chi connectivity index (χ2v) is 5.60. The average molecular weight is 204 g/mol. The molecule has 0 atom stereocenters. The molecule has 0 saturated carbocycles. The van der Waals surface area contributed by atoms with Crippen molar-refractivity contribution in [2.45, 2.75) is 52.0 Å². The Morgan fingerprint density at radius 1 is 1.08 bits per heavy atom. The minimum Gasteiger partial charge on any atom is -0.353 e. The van der Waals surface area contributed by atoms with Gasteiger partial charge in [0, 0.05) is 22.7 Å². The quantitative estimate of drug-likeness (QED) is 0.326. The molecular weight excluding hydrogens is 180 g/mol. The predicted octanol–water partition coefficient (Wildman–Crippen LogP) is 2.19. The Morgan fingerprint density at radius 2 is 1.69 bits per heavy atom. The minimum absolute atomic E-state index is 0.0563. The van der Waals surface area contributed by atoms with Crippen molar-refractivity contribution in [3.05, 3.63) is 0 Å². The number of ether oxygens (including phenoxy) is 2. The van der Waals surface area contributed by atoms with Crippen LogP contribution in [0.5, 0.6) is 0 Å². The summed E-state index contributed by atoms with van der Waals surface area (Å²) in [5.41, 5.74) is 0. The van der Waals surface area contributed by atoms with Gasteiger partial charge in [0.25, 0.3) is 0 Å². The van der Waals surface area contributed by atoms with Crippen LogP contribution in [0, 0.1) is 0 Å². The van der Waals surface area contributed by atoms with Gasteiger partial charge in [0.15, 0.2) is 6.29 Å². The summed E-state index contributed by atoms with van der Waals surface area (Å²) in [7, 11) is 0.240.